The average molecular weight is 118 g/mol. The van der Waals surface area contributed by atoms with Crippen LogP contribution in [-0.4, -0.2) is 21.6 Å². The molecule has 3 heteroatoms. The van der Waals surface area contributed by atoms with Crippen molar-refractivity contribution in [2.24, 2.45) is 5.73 Å². The summed E-state index contributed by atoms with van der Waals surface area (Å²) in [5.41, 5.74) is 5.19. The van der Waals surface area contributed by atoms with Gasteiger partial charge in [0.1, 0.15) is 0 Å². The SMILES string of the molecule is C[SiH](C)CNCN. The predicted molar refractivity (Wildman–Crippen MR) is 35.9 cm³/mol. The topological polar surface area (TPSA) is 38.0 Å². The van der Waals surface area contributed by atoms with Gasteiger partial charge in [-0.05, 0) is 6.17 Å². The predicted octanol–water partition coefficient (Wildman–Crippen LogP) is -0.482. The molecular formula is C4H14N2Si. The summed E-state index contributed by atoms with van der Waals surface area (Å²) >= 11 is 0. The van der Waals surface area contributed by atoms with E-state index in [0.717, 1.165) is 6.17 Å². The number of nitrogens with two attached hydrogens (primary N) is 1. The Kier molecular flexibility index (Phi) is 4.38. The Hall–Kier alpha value is 0.137. The molecule has 0 radical (unpaired) electrons. The highest BCUT2D eigenvalue weighted by atomic mass is 28.3. The lowest BCUT2D eigenvalue weighted by Gasteiger charge is -2.00. The van der Waals surface area contributed by atoms with E-state index in [9.17, 15) is 0 Å². The van der Waals surface area contributed by atoms with Crippen LogP contribution in [0.25, 0.3) is 0 Å². The zero-order valence-corrected chi connectivity index (χ0v) is 6.22. The van der Waals surface area contributed by atoms with E-state index >= 15 is 0 Å². The number of hydrogen-bond donors (Lipinski definition) is 2. The molecule has 0 atom stereocenters. The smallest absolute Gasteiger partial charge is 0.0466 e. The fraction of sp³-hybridized carbons (Fsp3) is 1.00. The lowest BCUT2D eigenvalue weighted by atomic mass is 11.1. The highest BCUT2D eigenvalue weighted by molar-refractivity contribution is 6.55. The molecule has 44 valence electrons. The van der Waals surface area contributed by atoms with Crippen molar-refractivity contribution in [3.05, 3.63) is 0 Å². The maximum atomic E-state index is 5.19. The Balaban J connectivity index is 2.68. The van der Waals surface area contributed by atoms with Gasteiger partial charge < -0.3 is 11.1 Å². The third kappa shape index (κ3) is 6.14. The van der Waals surface area contributed by atoms with Crippen LogP contribution in [0.15, 0.2) is 0 Å². The Morgan fingerprint density at radius 1 is 1.57 bits per heavy atom. The summed E-state index contributed by atoms with van der Waals surface area (Å²) in [7, 11) is -0.379. The molecule has 0 amide bonds. The maximum absolute atomic E-state index is 5.19. The third-order valence-corrected chi connectivity index (χ3v) is 1.80. The molecule has 0 unspecified atom stereocenters. The monoisotopic (exact) mass is 118 g/mol. The van der Waals surface area contributed by atoms with Crippen molar-refractivity contribution < 1.29 is 0 Å². The molecule has 0 aromatic carbocycles. The van der Waals surface area contributed by atoms with Crippen molar-refractivity contribution in [3.63, 3.8) is 0 Å². The molecule has 0 spiro atoms. The van der Waals surface area contributed by atoms with Crippen LogP contribution in [0, 0.1) is 0 Å². The van der Waals surface area contributed by atoms with Crippen LogP contribution in [0.3, 0.4) is 0 Å². The molecule has 3 N–H and O–H groups in total. The molecule has 0 aliphatic carbocycles. The summed E-state index contributed by atoms with van der Waals surface area (Å²) in [6.07, 6.45) is 1.16. The summed E-state index contributed by atoms with van der Waals surface area (Å²) in [5.74, 6) is 0. The highest BCUT2D eigenvalue weighted by Crippen LogP contribution is 1.71. The van der Waals surface area contributed by atoms with E-state index in [2.05, 4.69) is 18.4 Å². The van der Waals surface area contributed by atoms with E-state index in [0.29, 0.717) is 6.67 Å². The highest BCUT2D eigenvalue weighted by Gasteiger charge is 1.89. The molecule has 0 saturated carbocycles. The van der Waals surface area contributed by atoms with Gasteiger partial charge in [0.2, 0.25) is 0 Å². The summed E-state index contributed by atoms with van der Waals surface area (Å²) in [5, 5.41) is 3.09. The van der Waals surface area contributed by atoms with Gasteiger partial charge in [-0.25, -0.2) is 0 Å². The zero-order valence-electron chi connectivity index (χ0n) is 5.07. The minimum Gasteiger partial charge on any atom is -0.319 e. The zero-order chi connectivity index (χ0) is 5.70. The average Bonchev–Trinajstić information content (AvgIpc) is 1.61. The van der Waals surface area contributed by atoms with Crippen LogP contribution in [0.5, 0.6) is 0 Å². The quantitative estimate of drug-likeness (QED) is 0.388. The first-order chi connectivity index (χ1) is 3.27. The summed E-state index contributed by atoms with van der Waals surface area (Å²) < 4.78 is 0. The molecule has 0 fully saturated rings. The molecule has 2 nitrogen and oxygen atoms in total. The van der Waals surface area contributed by atoms with Gasteiger partial charge in [-0.1, -0.05) is 13.1 Å². The molecule has 0 aromatic heterocycles. The van der Waals surface area contributed by atoms with Crippen LogP contribution in [0.1, 0.15) is 0 Å². The van der Waals surface area contributed by atoms with Gasteiger partial charge in [0.05, 0.1) is 0 Å². The van der Waals surface area contributed by atoms with Gasteiger partial charge >= 0.3 is 0 Å². The minimum absolute atomic E-state index is 0.379. The molecule has 7 heavy (non-hydrogen) atoms. The molecule has 0 bridgehead atoms. The number of nitrogens with one attached hydrogen (secondary N) is 1. The maximum Gasteiger partial charge on any atom is 0.0466 e. The van der Waals surface area contributed by atoms with E-state index in [4.69, 9.17) is 5.73 Å². The van der Waals surface area contributed by atoms with Crippen LogP contribution < -0.4 is 11.1 Å². The standard InChI is InChI=1S/C4H14N2Si/c1-7(2)4-6-3-5/h6-7H,3-5H2,1-2H3. The van der Waals surface area contributed by atoms with Gasteiger partial charge in [0, 0.05) is 15.5 Å². The molecule has 0 heterocycles. The van der Waals surface area contributed by atoms with E-state index in [1.54, 1.807) is 0 Å². The van der Waals surface area contributed by atoms with E-state index < -0.39 is 0 Å². The van der Waals surface area contributed by atoms with Gasteiger partial charge in [-0.2, -0.15) is 0 Å². The van der Waals surface area contributed by atoms with Crippen LogP contribution in [-0.2, 0) is 0 Å². The Morgan fingerprint density at radius 3 is 2.29 bits per heavy atom. The minimum atomic E-state index is -0.379. The van der Waals surface area contributed by atoms with Crippen molar-refractivity contribution in [2.75, 3.05) is 12.8 Å². The molecule has 0 rings (SSSR count). The molecule has 0 aliphatic rings. The van der Waals surface area contributed by atoms with Crippen molar-refractivity contribution in [1.82, 2.24) is 5.32 Å². The van der Waals surface area contributed by atoms with Crippen molar-refractivity contribution >= 4 is 8.80 Å². The summed E-state index contributed by atoms with van der Waals surface area (Å²) in [6, 6.07) is 0. The lowest BCUT2D eigenvalue weighted by Crippen LogP contribution is -2.30. The first kappa shape index (κ1) is 7.14. The number of rotatable bonds is 3. The van der Waals surface area contributed by atoms with Crippen molar-refractivity contribution in [3.8, 4) is 0 Å². The van der Waals surface area contributed by atoms with Gasteiger partial charge in [0.15, 0.2) is 0 Å². The van der Waals surface area contributed by atoms with Crippen molar-refractivity contribution in [2.45, 2.75) is 13.1 Å². The second kappa shape index (κ2) is 4.30. The molecule has 0 aliphatic heterocycles. The third-order valence-electron chi connectivity index (χ3n) is 0.697. The van der Waals surface area contributed by atoms with E-state index in [-0.39, 0.29) is 8.80 Å². The van der Waals surface area contributed by atoms with Crippen LogP contribution >= 0.6 is 0 Å². The second-order valence-corrected chi connectivity index (χ2v) is 5.25. The Labute approximate surface area is 46.7 Å². The first-order valence-corrected chi connectivity index (χ1v) is 5.80. The summed E-state index contributed by atoms with van der Waals surface area (Å²) in [4.78, 5) is 0. The lowest BCUT2D eigenvalue weighted by molar-refractivity contribution is 0.799. The van der Waals surface area contributed by atoms with Crippen LogP contribution in [0.4, 0.5) is 0 Å². The van der Waals surface area contributed by atoms with Gasteiger partial charge in [-0.3, -0.25) is 0 Å². The number of hydrogen-bond acceptors (Lipinski definition) is 2. The fourth-order valence-corrected chi connectivity index (χ4v) is 1.12. The molecule has 0 saturated heterocycles. The molecular weight excluding hydrogens is 104 g/mol. The fourth-order valence-electron chi connectivity index (χ4n) is 0.372. The van der Waals surface area contributed by atoms with Gasteiger partial charge in [-0.15, -0.1) is 0 Å². The largest absolute Gasteiger partial charge is 0.319 e. The summed E-state index contributed by atoms with van der Waals surface area (Å²) in [6.45, 7) is 5.22. The second-order valence-electron chi connectivity index (χ2n) is 2.05. The normalized spacial score (nSPS) is 10.3. The molecule has 0 aromatic rings. The van der Waals surface area contributed by atoms with E-state index in [1.165, 1.54) is 0 Å². The first-order valence-electron chi connectivity index (χ1n) is 2.68. The Morgan fingerprint density at radius 2 is 2.14 bits per heavy atom. The van der Waals surface area contributed by atoms with Crippen LogP contribution in [0.2, 0.25) is 13.1 Å². The van der Waals surface area contributed by atoms with Gasteiger partial charge in [0.25, 0.3) is 0 Å². The Bertz CT molecular complexity index is 38.7. The van der Waals surface area contributed by atoms with Crippen molar-refractivity contribution in [1.29, 1.82) is 0 Å². The van der Waals surface area contributed by atoms with E-state index in [1.807, 2.05) is 0 Å².